The summed E-state index contributed by atoms with van der Waals surface area (Å²) in [5, 5.41) is 4.39. The Balaban J connectivity index is 1.63. The number of rotatable bonds is 7. The van der Waals surface area contributed by atoms with Crippen LogP contribution in [0.3, 0.4) is 0 Å². The normalized spacial score (nSPS) is 10.5. The van der Waals surface area contributed by atoms with E-state index in [0.29, 0.717) is 18.0 Å². The number of amides is 1. The van der Waals surface area contributed by atoms with Gasteiger partial charge in [0, 0.05) is 28.1 Å². The first-order valence-corrected chi connectivity index (χ1v) is 8.88. The molecule has 0 aliphatic heterocycles. The van der Waals surface area contributed by atoms with E-state index in [-0.39, 0.29) is 5.91 Å². The Morgan fingerprint density at radius 1 is 1.05 bits per heavy atom. The van der Waals surface area contributed by atoms with Gasteiger partial charge in [-0.3, -0.25) is 4.79 Å². The third-order valence-electron chi connectivity index (χ3n) is 3.06. The second kappa shape index (κ2) is 9.09. The number of thioether (sulfide) groups is 1. The lowest BCUT2D eigenvalue weighted by Gasteiger charge is -2.06. The first-order chi connectivity index (χ1) is 10.6. The molecule has 0 aliphatic rings. The SMILES string of the molecule is O=C(Cc1ccc(Cl)cc1)NCCSCc1ccccc1Cl. The van der Waals surface area contributed by atoms with Crippen LogP contribution in [0.25, 0.3) is 0 Å². The predicted octanol–water partition coefficient (Wildman–Crippen LogP) is 4.59. The van der Waals surface area contributed by atoms with Gasteiger partial charge in [0.1, 0.15) is 0 Å². The Morgan fingerprint density at radius 3 is 2.50 bits per heavy atom. The molecule has 0 bridgehead atoms. The minimum atomic E-state index is 0.0284. The van der Waals surface area contributed by atoms with E-state index in [2.05, 4.69) is 5.32 Å². The second-order valence-corrected chi connectivity index (χ2v) is 6.75. The van der Waals surface area contributed by atoms with Crippen molar-refractivity contribution in [2.75, 3.05) is 12.3 Å². The van der Waals surface area contributed by atoms with Crippen molar-refractivity contribution < 1.29 is 4.79 Å². The average molecular weight is 354 g/mol. The smallest absolute Gasteiger partial charge is 0.224 e. The molecular weight excluding hydrogens is 337 g/mol. The fourth-order valence-corrected chi connectivity index (χ4v) is 3.18. The molecule has 0 aliphatic carbocycles. The van der Waals surface area contributed by atoms with E-state index < -0.39 is 0 Å². The summed E-state index contributed by atoms with van der Waals surface area (Å²) in [6.45, 7) is 0.654. The molecule has 2 rings (SSSR count). The lowest BCUT2D eigenvalue weighted by molar-refractivity contribution is -0.120. The fraction of sp³-hybridized carbons (Fsp3) is 0.235. The number of hydrogen-bond acceptors (Lipinski definition) is 2. The summed E-state index contributed by atoms with van der Waals surface area (Å²) in [5.74, 6) is 1.74. The molecule has 5 heteroatoms. The van der Waals surface area contributed by atoms with Crippen molar-refractivity contribution in [1.82, 2.24) is 5.32 Å². The number of halogens is 2. The van der Waals surface area contributed by atoms with Gasteiger partial charge in [0.15, 0.2) is 0 Å². The van der Waals surface area contributed by atoms with Gasteiger partial charge in [-0.05, 0) is 29.3 Å². The standard InChI is InChI=1S/C17H17Cl2NOS/c18-15-7-5-13(6-8-15)11-17(21)20-9-10-22-12-14-3-1-2-4-16(14)19/h1-8H,9-12H2,(H,20,21). The number of carbonyl (C=O) groups is 1. The maximum atomic E-state index is 11.8. The Morgan fingerprint density at radius 2 is 1.77 bits per heavy atom. The van der Waals surface area contributed by atoms with Crippen molar-refractivity contribution in [3.63, 3.8) is 0 Å². The Labute approximate surface area is 145 Å². The number of nitrogens with one attached hydrogen (secondary N) is 1. The van der Waals surface area contributed by atoms with Crippen LogP contribution >= 0.6 is 35.0 Å². The molecule has 0 heterocycles. The van der Waals surface area contributed by atoms with Gasteiger partial charge in [-0.25, -0.2) is 0 Å². The first-order valence-electron chi connectivity index (χ1n) is 6.97. The maximum Gasteiger partial charge on any atom is 0.224 e. The maximum absolute atomic E-state index is 11.8. The van der Waals surface area contributed by atoms with E-state index in [1.165, 1.54) is 0 Å². The Kier molecular flexibility index (Phi) is 7.10. The van der Waals surface area contributed by atoms with E-state index in [1.54, 1.807) is 23.9 Å². The molecule has 0 fully saturated rings. The molecule has 0 saturated heterocycles. The largest absolute Gasteiger partial charge is 0.355 e. The fourth-order valence-electron chi connectivity index (χ4n) is 1.91. The summed E-state index contributed by atoms with van der Waals surface area (Å²) in [6.07, 6.45) is 0.381. The lowest BCUT2D eigenvalue weighted by atomic mass is 10.1. The minimum Gasteiger partial charge on any atom is -0.355 e. The summed E-state index contributed by atoms with van der Waals surface area (Å²) in [6, 6.07) is 15.2. The molecule has 2 nitrogen and oxygen atoms in total. The topological polar surface area (TPSA) is 29.1 Å². The van der Waals surface area contributed by atoms with Crippen molar-refractivity contribution >= 4 is 40.9 Å². The highest BCUT2D eigenvalue weighted by Gasteiger charge is 2.03. The molecule has 0 spiro atoms. The van der Waals surface area contributed by atoms with E-state index in [9.17, 15) is 4.79 Å². The van der Waals surface area contributed by atoms with Crippen LogP contribution in [0.15, 0.2) is 48.5 Å². The van der Waals surface area contributed by atoms with Crippen LogP contribution in [-0.4, -0.2) is 18.2 Å². The summed E-state index contributed by atoms with van der Waals surface area (Å²) >= 11 is 13.7. The summed E-state index contributed by atoms with van der Waals surface area (Å²) < 4.78 is 0. The number of carbonyl (C=O) groups excluding carboxylic acids is 1. The second-order valence-electron chi connectivity index (χ2n) is 4.80. The van der Waals surface area contributed by atoms with Crippen LogP contribution in [0.1, 0.15) is 11.1 Å². The third kappa shape index (κ3) is 5.91. The van der Waals surface area contributed by atoms with Gasteiger partial charge in [-0.15, -0.1) is 0 Å². The molecule has 2 aromatic carbocycles. The summed E-state index contributed by atoms with van der Waals surface area (Å²) in [4.78, 5) is 11.8. The molecule has 2 aromatic rings. The van der Waals surface area contributed by atoms with Gasteiger partial charge in [-0.2, -0.15) is 11.8 Å². The molecule has 22 heavy (non-hydrogen) atoms. The van der Waals surface area contributed by atoms with Crippen molar-refractivity contribution in [2.45, 2.75) is 12.2 Å². The zero-order valence-corrected chi connectivity index (χ0v) is 14.3. The average Bonchev–Trinajstić information content (AvgIpc) is 2.51. The first kappa shape index (κ1) is 17.2. The Bertz CT molecular complexity index is 616. The number of hydrogen-bond donors (Lipinski definition) is 1. The van der Waals surface area contributed by atoms with Crippen LogP contribution in [-0.2, 0) is 17.0 Å². The highest BCUT2D eigenvalue weighted by Crippen LogP contribution is 2.20. The van der Waals surface area contributed by atoms with Crippen LogP contribution in [0, 0.1) is 0 Å². The van der Waals surface area contributed by atoms with Crippen molar-refractivity contribution in [2.24, 2.45) is 0 Å². The molecule has 1 N–H and O–H groups in total. The van der Waals surface area contributed by atoms with Gasteiger partial charge in [-0.1, -0.05) is 53.5 Å². The molecule has 0 unspecified atom stereocenters. The van der Waals surface area contributed by atoms with Gasteiger partial charge in [0.2, 0.25) is 5.91 Å². The van der Waals surface area contributed by atoms with Crippen LogP contribution in [0.2, 0.25) is 10.0 Å². The number of benzene rings is 2. The third-order valence-corrected chi connectivity index (χ3v) is 4.69. The molecule has 0 saturated carbocycles. The monoisotopic (exact) mass is 353 g/mol. The predicted molar refractivity (Wildman–Crippen MR) is 95.8 cm³/mol. The molecule has 116 valence electrons. The molecule has 1 amide bonds. The minimum absolute atomic E-state index is 0.0284. The van der Waals surface area contributed by atoms with Gasteiger partial charge in [0.25, 0.3) is 0 Å². The van der Waals surface area contributed by atoms with Crippen molar-refractivity contribution in [3.8, 4) is 0 Å². The van der Waals surface area contributed by atoms with Gasteiger partial charge < -0.3 is 5.32 Å². The van der Waals surface area contributed by atoms with E-state index >= 15 is 0 Å². The van der Waals surface area contributed by atoms with Crippen molar-refractivity contribution in [1.29, 1.82) is 0 Å². The molecule has 0 aromatic heterocycles. The molecule has 0 radical (unpaired) electrons. The van der Waals surface area contributed by atoms with Crippen molar-refractivity contribution in [3.05, 3.63) is 69.7 Å². The summed E-state index contributed by atoms with van der Waals surface area (Å²) in [5.41, 5.74) is 2.09. The van der Waals surface area contributed by atoms with Crippen LogP contribution in [0.4, 0.5) is 0 Å². The summed E-state index contributed by atoms with van der Waals surface area (Å²) in [7, 11) is 0. The van der Waals surface area contributed by atoms with Gasteiger partial charge >= 0.3 is 0 Å². The lowest BCUT2D eigenvalue weighted by Crippen LogP contribution is -2.27. The quantitative estimate of drug-likeness (QED) is 0.737. The molecular formula is C17H17Cl2NOS. The highest BCUT2D eigenvalue weighted by molar-refractivity contribution is 7.98. The highest BCUT2D eigenvalue weighted by atomic mass is 35.5. The van der Waals surface area contributed by atoms with E-state index in [1.807, 2.05) is 36.4 Å². The van der Waals surface area contributed by atoms with Crippen LogP contribution < -0.4 is 5.32 Å². The van der Waals surface area contributed by atoms with E-state index in [0.717, 1.165) is 27.7 Å². The Hall–Kier alpha value is -1.16. The zero-order valence-electron chi connectivity index (χ0n) is 12.0. The van der Waals surface area contributed by atoms with E-state index in [4.69, 9.17) is 23.2 Å². The van der Waals surface area contributed by atoms with Crippen LogP contribution in [0.5, 0.6) is 0 Å². The van der Waals surface area contributed by atoms with Gasteiger partial charge in [0.05, 0.1) is 6.42 Å². The zero-order chi connectivity index (χ0) is 15.8. The molecule has 0 atom stereocenters.